The number of alkyl halides is 6. The number of aromatic amines is 6. The first kappa shape index (κ1) is 57.3. The van der Waals surface area contributed by atoms with Gasteiger partial charge in [-0.15, -0.1) is 0 Å². The van der Waals surface area contributed by atoms with Gasteiger partial charge in [0.05, 0.1) is 42.7 Å². The molecule has 0 amide bonds. The minimum atomic E-state index is -3.92. The molecule has 3 aromatic rings. The Morgan fingerprint density at radius 3 is 0.939 bits per heavy atom. The maximum absolute atomic E-state index is 9.08. The maximum Gasteiger partial charge on any atom is 0.231 e. The molecule has 6 N–H and O–H groups in total. The summed E-state index contributed by atoms with van der Waals surface area (Å²) < 4.78 is 53.0. The number of H-pyrrole nitrogens is 6. The summed E-state index contributed by atoms with van der Waals surface area (Å²) in [7, 11) is -7.83. The highest BCUT2D eigenvalue weighted by atomic mass is 35.6. The van der Waals surface area contributed by atoms with E-state index in [1.807, 2.05) is 0 Å². The van der Waals surface area contributed by atoms with Crippen LogP contribution in [0, 0.1) is 0 Å². The summed E-state index contributed by atoms with van der Waals surface area (Å²) in [5.41, 5.74) is 23.0. The van der Waals surface area contributed by atoms with E-state index >= 15 is 0 Å². The van der Waals surface area contributed by atoms with Gasteiger partial charge in [0.25, 0.3) is 0 Å². The van der Waals surface area contributed by atoms with Crippen molar-refractivity contribution in [2.75, 3.05) is 12.5 Å². The van der Waals surface area contributed by atoms with Crippen LogP contribution in [-0.2, 0) is 45.9 Å². The van der Waals surface area contributed by atoms with Crippen molar-refractivity contribution in [1.29, 1.82) is 0 Å². The van der Waals surface area contributed by atoms with Crippen LogP contribution in [-0.4, -0.2) is 67.0 Å². The summed E-state index contributed by atoms with van der Waals surface area (Å²) >= 11 is 28.8. The van der Waals surface area contributed by atoms with Crippen LogP contribution in [0.2, 0.25) is 0 Å². The average Bonchev–Trinajstić information content (AvgIpc) is 4.00. The summed E-state index contributed by atoms with van der Waals surface area (Å²) in [5, 5.41) is 2.24. The standard InChI is InChI=1S/C42H50N6.2CHCl3.2CH4O3S/c1-9-23-27(13-5)39-40-28(14-6)24(10-2)37(46-40)33-21-18-22-34(44-33)38-26(12-4)30(16-8)42(48-38)41-29(15-7)25(11-3)36(47-41)32-20-17-19-31(43-32)35(23)45-39;2*2-1(3)4;2*1-5(2,3)4/h17-22,43-45,48H,9-16H2,1-8H3;2*1H;2*1H3,(H,2,3,4). The second kappa shape index (κ2) is 25.5. The monoisotopic (exact) mass is 1070 g/mol. The lowest BCUT2D eigenvalue weighted by Gasteiger charge is -2.04. The van der Waals surface area contributed by atoms with Gasteiger partial charge in [-0.25, -0.2) is 26.8 Å². The number of rotatable bonds is 8. The predicted octanol–water partition coefficient (Wildman–Crippen LogP) is 10.6. The molecule has 0 saturated carbocycles. The maximum atomic E-state index is 9.08. The van der Waals surface area contributed by atoms with Crippen LogP contribution in [0.5, 0.6) is 0 Å². The number of fused-ring (bicyclic) bond motifs is 18. The van der Waals surface area contributed by atoms with E-state index in [0.717, 1.165) is 73.5 Å². The molecule has 7 heterocycles. The fourth-order valence-electron chi connectivity index (χ4n) is 8.73. The number of halogens is 6. The highest BCUT2D eigenvalue weighted by molar-refractivity contribution is 7.85. The molecule has 7 rings (SSSR count). The molecule has 3 aromatic heterocycles. The lowest BCUT2D eigenvalue weighted by atomic mass is 9.97. The quantitative estimate of drug-likeness (QED) is 0.127. The number of hydrogen-bond acceptors (Lipinski definition) is 6. The highest BCUT2D eigenvalue weighted by Gasteiger charge is 2.32. The Kier molecular flexibility index (Phi) is 22.2. The predicted molar refractivity (Wildman–Crippen MR) is 277 cm³/mol. The second-order valence-electron chi connectivity index (χ2n) is 15.0. The molecule has 0 unspecified atom stereocenters. The fraction of sp³-hybridized carbons (Fsp3) is 0.435. The van der Waals surface area contributed by atoms with Gasteiger partial charge in [-0.3, -0.25) is 0 Å². The normalized spacial score (nSPS) is 13.4. The van der Waals surface area contributed by atoms with Crippen LogP contribution < -0.4 is 20.7 Å². The van der Waals surface area contributed by atoms with Crippen molar-refractivity contribution in [3.63, 3.8) is 0 Å². The number of allylic oxidation sites excluding steroid dienone is 6. The second-order valence-corrected chi connectivity index (χ2v) is 21.8. The van der Waals surface area contributed by atoms with Crippen molar-refractivity contribution in [2.24, 2.45) is 0 Å². The molecule has 0 fully saturated rings. The Bertz CT molecular complexity index is 2750. The van der Waals surface area contributed by atoms with Crippen molar-refractivity contribution < 1.29 is 35.9 Å². The molecule has 364 valence electrons. The molecule has 12 nitrogen and oxygen atoms in total. The van der Waals surface area contributed by atoms with Gasteiger partial charge in [0.1, 0.15) is 21.7 Å². The minimum Gasteiger partial charge on any atom is -0.748 e. The zero-order chi connectivity index (χ0) is 49.8. The van der Waals surface area contributed by atoms with E-state index in [0.29, 0.717) is 12.5 Å². The van der Waals surface area contributed by atoms with E-state index in [4.69, 9.17) is 95.5 Å². The summed E-state index contributed by atoms with van der Waals surface area (Å²) in [5.74, 6) is 0. The fourth-order valence-corrected chi connectivity index (χ4v) is 8.73. The molecule has 0 aromatic carbocycles. The van der Waals surface area contributed by atoms with Crippen LogP contribution in [0.15, 0.2) is 12.2 Å². The Labute approximate surface area is 418 Å². The molecule has 0 aliphatic carbocycles. The van der Waals surface area contributed by atoms with Crippen LogP contribution in [0.3, 0.4) is 0 Å². The first-order chi connectivity index (χ1) is 30.9. The molecule has 0 spiro atoms. The smallest absolute Gasteiger partial charge is 0.231 e. The first-order valence-corrected chi connectivity index (χ1v) is 27.9. The molecular weight excluding hydrogens is 1010 g/mol. The third-order valence-corrected chi connectivity index (χ3v) is 10.9. The highest BCUT2D eigenvalue weighted by Crippen LogP contribution is 2.37. The Morgan fingerprint density at radius 1 is 0.455 bits per heavy atom. The van der Waals surface area contributed by atoms with E-state index in [1.165, 1.54) is 89.4 Å². The summed E-state index contributed by atoms with van der Waals surface area (Å²) in [6, 6.07) is 0. The van der Waals surface area contributed by atoms with Gasteiger partial charge in [0, 0.05) is 34.8 Å². The van der Waals surface area contributed by atoms with Crippen molar-refractivity contribution in [3.8, 4) is 0 Å². The molecule has 66 heavy (non-hydrogen) atoms. The van der Waals surface area contributed by atoms with E-state index in [9.17, 15) is 0 Å². The molecule has 20 heteroatoms. The molecule has 0 radical (unpaired) electrons. The van der Waals surface area contributed by atoms with E-state index in [-0.39, 0.29) is 0 Å². The van der Waals surface area contributed by atoms with Gasteiger partial charge in [-0.05, 0) is 97.9 Å². The van der Waals surface area contributed by atoms with Crippen LogP contribution in [0.4, 0.5) is 0 Å². The van der Waals surface area contributed by atoms with E-state index in [2.05, 4.69) is 122 Å². The van der Waals surface area contributed by atoms with Crippen molar-refractivity contribution in [1.82, 2.24) is 19.9 Å². The van der Waals surface area contributed by atoms with Gasteiger partial charge in [-0.1, -0.05) is 137 Å². The van der Waals surface area contributed by atoms with Gasteiger partial charge in [0.15, 0.2) is 8.59 Å². The van der Waals surface area contributed by atoms with Gasteiger partial charge in [-0.2, -0.15) is 0 Å². The molecule has 4 aliphatic rings. The summed E-state index contributed by atoms with van der Waals surface area (Å²) in [6.45, 7) is 18.3. The largest absolute Gasteiger partial charge is 0.748 e. The molecule has 0 saturated heterocycles. The topological polar surface area (TPSA) is 206 Å². The number of nitrogens with one attached hydrogen (secondary N) is 6. The van der Waals surface area contributed by atoms with Crippen LogP contribution in [0.1, 0.15) is 137 Å². The molecule has 12 bridgehead atoms. The van der Waals surface area contributed by atoms with Gasteiger partial charge in [0.2, 0.25) is 22.8 Å². The van der Waals surface area contributed by atoms with Crippen molar-refractivity contribution in [3.05, 3.63) is 79.3 Å². The van der Waals surface area contributed by atoms with Gasteiger partial charge < -0.3 is 29.0 Å². The summed E-state index contributed by atoms with van der Waals surface area (Å²) in [6.07, 6.45) is 22.2. The number of aryl methyl sites for hydroxylation is 4. The lowest BCUT2D eigenvalue weighted by Crippen LogP contribution is -2.23. The summed E-state index contributed by atoms with van der Waals surface area (Å²) in [4.78, 5) is 23.8. The average molecular weight is 1070 g/mol. The third kappa shape index (κ3) is 15.0. The SMILES string of the molecule is CCC1=C(CC)c2[nH+]c1c1[nH]c(c3[nH]c(c4[nH+]c(c5[nH]c(c6[nH]c2c(CC)c6CC)C=CC=5)C(CC)=C4CC)c(CC)c3CC)C=CC=1.CS(=O)(=O)[O-].CS(=O)(=O)[O-].ClC(Cl)Cl.ClC(Cl)Cl. The zero-order valence-electron chi connectivity index (χ0n) is 38.8. The molecular formula is C46H60Cl6N6O6S2. The van der Waals surface area contributed by atoms with Crippen LogP contribution in [0.25, 0.3) is 68.7 Å². The van der Waals surface area contributed by atoms with Crippen LogP contribution >= 0.6 is 69.6 Å². The number of aromatic nitrogens is 6. The zero-order valence-corrected chi connectivity index (χ0v) is 45.0. The third-order valence-electron chi connectivity index (χ3n) is 10.9. The Morgan fingerprint density at radius 2 is 0.697 bits per heavy atom. The lowest BCUT2D eigenvalue weighted by molar-refractivity contribution is -0.381. The Balaban J connectivity index is 0.000000549. The van der Waals surface area contributed by atoms with E-state index < -0.39 is 28.8 Å². The number of hydrogen-bond donors (Lipinski definition) is 4. The molecule has 4 aliphatic heterocycles. The van der Waals surface area contributed by atoms with Crippen molar-refractivity contribution >= 4 is 159 Å². The van der Waals surface area contributed by atoms with Gasteiger partial charge >= 0.3 is 0 Å². The minimum absolute atomic E-state index is 0.604. The first-order valence-electron chi connectivity index (χ1n) is 21.6. The van der Waals surface area contributed by atoms with Crippen molar-refractivity contribution in [2.45, 2.75) is 115 Å². The van der Waals surface area contributed by atoms with E-state index in [1.54, 1.807) is 0 Å². The Hall–Kier alpha value is -3.02. The molecule has 0 atom stereocenters.